The molecule has 19 heavy (non-hydrogen) atoms. The third-order valence-corrected chi connectivity index (χ3v) is 2.53. The number of esters is 1. The average Bonchev–Trinajstić information content (AvgIpc) is 2.43. The molecule has 1 rings (SSSR count). The molecule has 0 saturated heterocycles. The Morgan fingerprint density at radius 2 is 1.84 bits per heavy atom. The molecule has 1 aromatic carbocycles. The molecule has 0 amide bonds. The maximum absolute atomic E-state index is 11.3. The molecule has 0 spiro atoms. The molecular weight excluding hydrogens is 256 g/mol. The average molecular weight is 270 g/mol. The number of ether oxygens (including phenoxy) is 2. The van der Waals surface area contributed by atoms with Crippen LogP contribution in [0.1, 0.15) is 22.0 Å². The van der Waals surface area contributed by atoms with Crippen LogP contribution in [0.4, 0.5) is 0 Å². The number of carbonyl (C=O) groups excluding carboxylic acids is 1. The molecule has 0 aliphatic heterocycles. The van der Waals surface area contributed by atoms with E-state index in [4.69, 9.17) is 9.84 Å². The summed E-state index contributed by atoms with van der Waals surface area (Å²) in [5, 5.41) is 27.7. The number of benzene rings is 1. The lowest BCUT2D eigenvalue weighted by molar-refractivity contribution is -0.153. The second kappa shape index (κ2) is 6.17. The molecule has 0 fully saturated rings. The molecule has 7 heteroatoms. The van der Waals surface area contributed by atoms with E-state index in [9.17, 15) is 19.8 Å². The number of hydrogen-bond acceptors (Lipinski definition) is 6. The van der Waals surface area contributed by atoms with Gasteiger partial charge < -0.3 is 24.8 Å². The molecule has 2 atom stereocenters. The lowest BCUT2D eigenvalue weighted by Crippen LogP contribution is -2.27. The van der Waals surface area contributed by atoms with Crippen LogP contribution in [0.25, 0.3) is 0 Å². The van der Waals surface area contributed by atoms with Gasteiger partial charge in [-0.25, -0.2) is 9.59 Å². The summed E-state index contributed by atoms with van der Waals surface area (Å²) in [7, 11) is 2.51. The SMILES string of the molecule is COC(=O)c1ccc(C(O)C(O)C(=O)O)c(OC)c1. The zero-order valence-corrected chi connectivity index (χ0v) is 10.4. The number of methoxy groups -OCH3 is 2. The van der Waals surface area contributed by atoms with Crippen molar-refractivity contribution in [2.75, 3.05) is 14.2 Å². The fourth-order valence-corrected chi connectivity index (χ4v) is 1.51. The zero-order chi connectivity index (χ0) is 14.6. The second-order valence-corrected chi connectivity index (χ2v) is 3.68. The molecule has 0 aliphatic carbocycles. The molecule has 0 radical (unpaired) electrons. The fourth-order valence-electron chi connectivity index (χ4n) is 1.51. The van der Waals surface area contributed by atoms with E-state index in [2.05, 4.69) is 4.74 Å². The molecule has 0 aromatic heterocycles. The van der Waals surface area contributed by atoms with Gasteiger partial charge in [0.2, 0.25) is 0 Å². The van der Waals surface area contributed by atoms with Crippen LogP contribution in [-0.4, -0.2) is 47.6 Å². The summed E-state index contributed by atoms with van der Waals surface area (Å²) in [6.07, 6.45) is -3.66. The van der Waals surface area contributed by atoms with E-state index < -0.39 is 24.1 Å². The molecule has 0 saturated carbocycles. The van der Waals surface area contributed by atoms with Crippen molar-refractivity contribution in [3.63, 3.8) is 0 Å². The van der Waals surface area contributed by atoms with Gasteiger partial charge in [0.1, 0.15) is 11.9 Å². The van der Waals surface area contributed by atoms with Crippen LogP contribution in [0.15, 0.2) is 18.2 Å². The summed E-state index contributed by atoms with van der Waals surface area (Å²) in [5.74, 6) is -2.08. The van der Waals surface area contributed by atoms with Gasteiger partial charge in [0.25, 0.3) is 0 Å². The first-order valence-corrected chi connectivity index (χ1v) is 5.27. The number of hydrogen-bond donors (Lipinski definition) is 3. The lowest BCUT2D eigenvalue weighted by atomic mass is 10.0. The van der Waals surface area contributed by atoms with Gasteiger partial charge >= 0.3 is 11.9 Å². The summed E-state index contributed by atoms with van der Waals surface area (Å²) in [5.41, 5.74) is 0.241. The van der Waals surface area contributed by atoms with Crippen LogP contribution in [-0.2, 0) is 9.53 Å². The molecule has 7 nitrogen and oxygen atoms in total. The fraction of sp³-hybridized carbons (Fsp3) is 0.333. The monoisotopic (exact) mass is 270 g/mol. The summed E-state index contributed by atoms with van der Waals surface area (Å²) >= 11 is 0. The maximum Gasteiger partial charge on any atom is 0.337 e. The van der Waals surface area contributed by atoms with Crippen molar-refractivity contribution in [1.29, 1.82) is 0 Å². The molecule has 104 valence electrons. The van der Waals surface area contributed by atoms with Gasteiger partial charge in [-0.15, -0.1) is 0 Å². The number of rotatable bonds is 5. The summed E-state index contributed by atoms with van der Waals surface area (Å²) in [6, 6.07) is 3.92. The quantitative estimate of drug-likeness (QED) is 0.643. The van der Waals surface area contributed by atoms with E-state index in [1.807, 2.05) is 0 Å². The van der Waals surface area contributed by atoms with Crippen molar-refractivity contribution in [2.24, 2.45) is 0 Å². The predicted octanol–water partition coefficient (Wildman–Crippen LogP) is -0.0393. The summed E-state index contributed by atoms with van der Waals surface area (Å²) < 4.78 is 9.48. The highest BCUT2D eigenvalue weighted by Crippen LogP contribution is 2.28. The van der Waals surface area contributed by atoms with E-state index in [-0.39, 0.29) is 16.9 Å². The minimum atomic E-state index is -1.99. The zero-order valence-electron chi connectivity index (χ0n) is 10.4. The molecule has 0 aliphatic rings. The van der Waals surface area contributed by atoms with Gasteiger partial charge in [-0.1, -0.05) is 6.07 Å². The van der Waals surface area contributed by atoms with Crippen molar-refractivity contribution < 1.29 is 34.4 Å². The largest absolute Gasteiger partial charge is 0.496 e. The van der Waals surface area contributed by atoms with Crippen molar-refractivity contribution >= 4 is 11.9 Å². The van der Waals surface area contributed by atoms with Crippen molar-refractivity contribution in [1.82, 2.24) is 0 Å². The van der Waals surface area contributed by atoms with Gasteiger partial charge in [-0.3, -0.25) is 0 Å². The van der Waals surface area contributed by atoms with Crippen LogP contribution in [0, 0.1) is 0 Å². The Hall–Kier alpha value is -2.12. The van der Waals surface area contributed by atoms with Crippen LogP contribution in [0.5, 0.6) is 5.75 Å². The number of aliphatic hydroxyl groups excluding tert-OH is 2. The van der Waals surface area contributed by atoms with Gasteiger partial charge in [-0.05, 0) is 12.1 Å². The Kier molecular flexibility index (Phi) is 4.85. The second-order valence-electron chi connectivity index (χ2n) is 3.68. The van der Waals surface area contributed by atoms with E-state index >= 15 is 0 Å². The minimum absolute atomic E-state index is 0.0602. The van der Waals surface area contributed by atoms with Crippen LogP contribution in [0.3, 0.4) is 0 Å². The van der Waals surface area contributed by atoms with Crippen LogP contribution >= 0.6 is 0 Å². The molecule has 0 heterocycles. The van der Waals surface area contributed by atoms with Crippen LogP contribution < -0.4 is 4.74 Å². The highest BCUT2D eigenvalue weighted by Gasteiger charge is 2.28. The molecule has 1 aromatic rings. The van der Waals surface area contributed by atoms with E-state index in [0.717, 1.165) is 0 Å². The smallest absolute Gasteiger partial charge is 0.337 e. The van der Waals surface area contributed by atoms with E-state index in [1.165, 1.54) is 32.4 Å². The normalized spacial score (nSPS) is 13.5. The van der Waals surface area contributed by atoms with Gasteiger partial charge in [0.15, 0.2) is 6.10 Å². The topological polar surface area (TPSA) is 113 Å². The highest BCUT2D eigenvalue weighted by molar-refractivity contribution is 5.90. The van der Waals surface area contributed by atoms with E-state index in [0.29, 0.717) is 0 Å². The van der Waals surface area contributed by atoms with Crippen molar-refractivity contribution in [3.05, 3.63) is 29.3 Å². The van der Waals surface area contributed by atoms with Gasteiger partial charge in [0, 0.05) is 5.56 Å². The molecule has 0 bridgehead atoms. The first kappa shape index (κ1) is 14.9. The number of carbonyl (C=O) groups is 2. The molecule has 2 unspecified atom stereocenters. The van der Waals surface area contributed by atoms with Crippen molar-refractivity contribution in [3.8, 4) is 5.75 Å². The first-order chi connectivity index (χ1) is 8.92. The summed E-state index contributed by atoms with van der Waals surface area (Å²) in [6.45, 7) is 0. The first-order valence-electron chi connectivity index (χ1n) is 5.27. The Balaban J connectivity index is 3.15. The molecule has 3 N–H and O–H groups in total. The van der Waals surface area contributed by atoms with Crippen molar-refractivity contribution in [2.45, 2.75) is 12.2 Å². The predicted molar refractivity (Wildman–Crippen MR) is 62.9 cm³/mol. The van der Waals surface area contributed by atoms with Gasteiger partial charge in [-0.2, -0.15) is 0 Å². The number of carboxylic acids is 1. The third kappa shape index (κ3) is 3.21. The van der Waals surface area contributed by atoms with E-state index in [1.54, 1.807) is 0 Å². The number of carboxylic acid groups (broad SMARTS) is 1. The highest BCUT2D eigenvalue weighted by atomic mass is 16.5. The molecular formula is C12H14O7. The Morgan fingerprint density at radius 3 is 2.32 bits per heavy atom. The maximum atomic E-state index is 11.3. The lowest BCUT2D eigenvalue weighted by Gasteiger charge is -2.17. The number of aliphatic hydroxyl groups is 2. The number of aliphatic carboxylic acids is 1. The standard InChI is InChI=1S/C12H14O7/c1-18-8-5-6(12(17)19-2)3-4-7(8)9(13)10(14)11(15)16/h3-5,9-10,13-14H,1-2H3,(H,15,16). The third-order valence-electron chi connectivity index (χ3n) is 2.53. The minimum Gasteiger partial charge on any atom is -0.496 e. The Morgan fingerprint density at radius 1 is 1.21 bits per heavy atom. The van der Waals surface area contributed by atoms with Gasteiger partial charge in [0.05, 0.1) is 19.8 Å². The Labute approximate surface area is 109 Å². The Bertz CT molecular complexity index is 483. The summed E-state index contributed by atoms with van der Waals surface area (Å²) in [4.78, 5) is 21.9. The van der Waals surface area contributed by atoms with Crippen LogP contribution in [0.2, 0.25) is 0 Å².